The molecular formula is C17H28ClN3O3. The average Bonchev–Trinajstić information content (AvgIpc) is 2.51. The first-order valence-corrected chi connectivity index (χ1v) is 7.73. The molecule has 0 aliphatic heterocycles. The molecule has 2 amide bonds. The normalized spacial score (nSPS) is 12.8. The molecule has 0 saturated heterocycles. The number of halogens is 1. The summed E-state index contributed by atoms with van der Waals surface area (Å²) in [5.74, 6) is 0.143. The minimum atomic E-state index is -0.614. The predicted octanol–water partition coefficient (Wildman–Crippen LogP) is 1.70. The van der Waals surface area contributed by atoms with Crippen LogP contribution < -0.4 is 21.1 Å². The van der Waals surface area contributed by atoms with Crippen LogP contribution in [0, 0.1) is 12.8 Å². The lowest BCUT2D eigenvalue weighted by Crippen LogP contribution is -2.47. The monoisotopic (exact) mass is 357 g/mol. The SMILES string of the molecule is COc1ccc(C)cc1C(C)NC(=O)CNC(=O)[C@@H](N)C(C)C.Cl. The molecule has 1 aromatic carbocycles. The lowest BCUT2D eigenvalue weighted by Gasteiger charge is -2.19. The zero-order valence-corrected chi connectivity index (χ0v) is 15.7. The second kappa shape index (κ2) is 10.2. The van der Waals surface area contributed by atoms with Gasteiger partial charge < -0.3 is 21.1 Å². The summed E-state index contributed by atoms with van der Waals surface area (Å²) in [6, 6.07) is 4.95. The second-order valence-corrected chi connectivity index (χ2v) is 6.02. The molecule has 0 heterocycles. The Hall–Kier alpha value is -1.79. The lowest BCUT2D eigenvalue weighted by atomic mass is 10.0. The Labute approximate surface area is 149 Å². The summed E-state index contributed by atoms with van der Waals surface area (Å²) in [5, 5.41) is 5.40. The predicted molar refractivity (Wildman–Crippen MR) is 97.4 cm³/mol. The molecule has 1 unspecified atom stereocenters. The molecule has 136 valence electrons. The van der Waals surface area contributed by atoms with Gasteiger partial charge in [-0.2, -0.15) is 0 Å². The van der Waals surface area contributed by atoms with Gasteiger partial charge in [-0.3, -0.25) is 9.59 Å². The summed E-state index contributed by atoms with van der Waals surface area (Å²) in [5.41, 5.74) is 7.71. The van der Waals surface area contributed by atoms with Crippen LogP contribution in [-0.4, -0.2) is 31.5 Å². The van der Waals surface area contributed by atoms with E-state index < -0.39 is 6.04 Å². The van der Waals surface area contributed by atoms with Crippen LogP contribution in [0.1, 0.15) is 37.9 Å². The number of nitrogens with one attached hydrogen (secondary N) is 2. The number of nitrogens with two attached hydrogens (primary N) is 1. The number of methoxy groups -OCH3 is 1. The summed E-state index contributed by atoms with van der Waals surface area (Å²) in [7, 11) is 1.59. The number of carbonyl (C=O) groups is 2. The first-order valence-electron chi connectivity index (χ1n) is 7.73. The molecule has 7 heteroatoms. The molecule has 0 aliphatic carbocycles. The fourth-order valence-electron chi connectivity index (χ4n) is 2.15. The Kier molecular flexibility index (Phi) is 9.40. The van der Waals surface area contributed by atoms with Crippen molar-refractivity contribution < 1.29 is 14.3 Å². The zero-order chi connectivity index (χ0) is 17.6. The lowest BCUT2D eigenvalue weighted by molar-refractivity contribution is -0.127. The third-order valence-electron chi connectivity index (χ3n) is 3.67. The zero-order valence-electron chi connectivity index (χ0n) is 14.9. The Bertz CT molecular complexity index is 564. The molecule has 0 aromatic heterocycles. The molecule has 0 spiro atoms. The summed E-state index contributed by atoms with van der Waals surface area (Å²) in [4.78, 5) is 23.8. The van der Waals surface area contributed by atoms with Crippen LogP contribution in [0.2, 0.25) is 0 Å². The number of benzene rings is 1. The van der Waals surface area contributed by atoms with Gasteiger partial charge in [-0.15, -0.1) is 12.4 Å². The standard InChI is InChI=1S/C17H27N3O3.ClH/c1-10(2)16(18)17(22)19-9-15(21)20-12(4)13-8-11(3)6-7-14(13)23-5;/h6-8,10,12,16H,9,18H2,1-5H3,(H,19,22)(H,20,21);1H/t12?,16-;/m0./s1. The van der Waals surface area contributed by atoms with Gasteiger partial charge in [0.1, 0.15) is 5.75 Å². The Balaban J connectivity index is 0.00000529. The number of hydrogen-bond acceptors (Lipinski definition) is 4. The van der Waals surface area contributed by atoms with E-state index in [9.17, 15) is 9.59 Å². The minimum absolute atomic E-state index is 0. The quantitative estimate of drug-likeness (QED) is 0.692. The van der Waals surface area contributed by atoms with Crippen molar-refractivity contribution in [3.05, 3.63) is 29.3 Å². The van der Waals surface area contributed by atoms with Crippen LogP contribution in [0.3, 0.4) is 0 Å². The van der Waals surface area contributed by atoms with Gasteiger partial charge in [-0.05, 0) is 25.8 Å². The van der Waals surface area contributed by atoms with Crippen LogP contribution in [0.4, 0.5) is 0 Å². The van der Waals surface area contributed by atoms with Crippen molar-refractivity contribution in [3.63, 3.8) is 0 Å². The van der Waals surface area contributed by atoms with E-state index in [-0.39, 0.29) is 42.7 Å². The first kappa shape index (κ1) is 22.2. The third kappa shape index (κ3) is 6.37. The van der Waals surface area contributed by atoms with Crippen LogP contribution in [-0.2, 0) is 9.59 Å². The number of hydrogen-bond donors (Lipinski definition) is 3. The van der Waals surface area contributed by atoms with Gasteiger partial charge in [0.05, 0.1) is 25.7 Å². The number of amides is 2. The maximum atomic E-state index is 12.0. The molecule has 1 rings (SSSR count). The first-order chi connectivity index (χ1) is 10.8. The van der Waals surface area contributed by atoms with E-state index in [1.165, 1.54) is 0 Å². The van der Waals surface area contributed by atoms with E-state index >= 15 is 0 Å². The molecule has 2 atom stereocenters. The van der Waals surface area contributed by atoms with Gasteiger partial charge in [0.15, 0.2) is 0 Å². The van der Waals surface area contributed by atoms with E-state index in [1.807, 2.05) is 45.9 Å². The van der Waals surface area contributed by atoms with E-state index in [4.69, 9.17) is 10.5 Å². The molecule has 4 N–H and O–H groups in total. The maximum Gasteiger partial charge on any atom is 0.239 e. The van der Waals surface area contributed by atoms with E-state index in [2.05, 4.69) is 10.6 Å². The van der Waals surface area contributed by atoms with Crippen molar-refractivity contribution in [2.75, 3.05) is 13.7 Å². The van der Waals surface area contributed by atoms with Crippen LogP contribution in [0.15, 0.2) is 18.2 Å². The highest BCUT2D eigenvalue weighted by Gasteiger charge is 2.19. The molecule has 0 fully saturated rings. The highest BCUT2D eigenvalue weighted by Crippen LogP contribution is 2.25. The highest BCUT2D eigenvalue weighted by atomic mass is 35.5. The van der Waals surface area contributed by atoms with Crippen LogP contribution in [0.5, 0.6) is 5.75 Å². The number of ether oxygens (including phenoxy) is 1. The third-order valence-corrected chi connectivity index (χ3v) is 3.67. The molecular weight excluding hydrogens is 330 g/mol. The number of aryl methyl sites for hydroxylation is 1. The fourth-order valence-corrected chi connectivity index (χ4v) is 2.15. The molecule has 0 bridgehead atoms. The smallest absolute Gasteiger partial charge is 0.239 e. The summed E-state index contributed by atoms with van der Waals surface area (Å²) in [6.45, 7) is 7.46. The average molecular weight is 358 g/mol. The van der Waals surface area contributed by atoms with Crippen LogP contribution >= 0.6 is 12.4 Å². The topological polar surface area (TPSA) is 93.5 Å². The summed E-state index contributed by atoms with van der Waals surface area (Å²) in [6.07, 6.45) is 0. The van der Waals surface area contributed by atoms with Crippen molar-refractivity contribution in [2.24, 2.45) is 11.7 Å². The Morgan fingerprint density at radius 3 is 2.42 bits per heavy atom. The fraction of sp³-hybridized carbons (Fsp3) is 0.529. The highest BCUT2D eigenvalue weighted by molar-refractivity contribution is 5.87. The van der Waals surface area contributed by atoms with Crippen molar-refractivity contribution in [3.8, 4) is 5.75 Å². The van der Waals surface area contributed by atoms with Gasteiger partial charge in [-0.25, -0.2) is 0 Å². The molecule has 1 aromatic rings. The minimum Gasteiger partial charge on any atom is -0.496 e. The molecule has 0 aliphatic rings. The number of rotatable bonds is 7. The Morgan fingerprint density at radius 1 is 1.25 bits per heavy atom. The molecule has 24 heavy (non-hydrogen) atoms. The van der Waals surface area contributed by atoms with Crippen molar-refractivity contribution in [1.29, 1.82) is 0 Å². The molecule has 0 radical (unpaired) electrons. The molecule has 0 saturated carbocycles. The van der Waals surface area contributed by atoms with Gasteiger partial charge >= 0.3 is 0 Å². The van der Waals surface area contributed by atoms with Crippen molar-refractivity contribution in [1.82, 2.24) is 10.6 Å². The largest absolute Gasteiger partial charge is 0.496 e. The van der Waals surface area contributed by atoms with Crippen LogP contribution in [0.25, 0.3) is 0 Å². The van der Waals surface area contributed by atoms with E-state index in [0.717, 1.165) is 11.1 Å². The number of carbonyl (C=O) groups excluding carboxylic acids is 2. The van der Waals surface area contributed by atoms with Gasteiger partial charge in [-0.1, -0.05) is 31.5 Å². The van der Waals surface area contributed by atoms with E-state index in [0.29, 0.717) is 5.75 Å². The maximum absolute atomic E-state index is 12.0. The van der Waals surface area contributed by atoms with Gasteiger partial charge in [0.25, 0.3) is 0 Å². The van der Waals surface area contributed by atoms with Crippen molar-refractivity contribution in [2.45, 2.75) is 39.8 Å². The molecule has 6 nitrogen and oxygen atoms in total. The van der Waals surface area contributed by atoms with Gasteiger partial charge in [0, 0.05) is 5.56 Å². The Morgan fingerprint density at radius 2 is 1.88 bits per heavy atom. The van der Waals surface area contributed by atoms with E-state index in [1.54, 1.807) is 7.11 Å². The van der Waals surface area contributed by atoms with Crippen molar-refractivity contribution >= 4 is 24.2 Å². The summed E-state index contributed by atoms with van der Waals surface area (Å²) >= 11 is 0. The van der Waals surface area contributed by atoms with Gasteiger partial charge in [0.2, 0.25) is 11.8 Å². The summed E-state index contributed by atoms with van der Waals surface area (Å²) < 4.78 is 5.32. The second-order valence-electron chi connectivity index (χ2n) is 6.02.